The summed E-state index contributed by atoms with van der Waals surface area (Å²) in [7, 11) is 1.75. The third kappa shape index (κ3) is 4.71. The maximum absolute atomic E-state index is 11.5. The summed E-state index contributed by atoms with van der Waals surface area (Å²) >= 11 is 0. The van der Waals surface area contributed by atoms with Gasteiger partial charge in [0.1, 0.15) is 11.4 Å². The Balaban J connectivity index is 2.97. The van der Waals surface area contributed by atoms with E-state index in [0.717, 1.165) is 0 Å². The molecule has 7 nitrogen and oxygen atoms in total. The van der Waals surface area contributed by atoms with Gasteiger partial charge in [-0.3, -0.25) is 4.68 Å². The van der Waals surface area contributed by atoms with Crippen molar-refractivity contribution in [3.05, 3.63) is 11.3 Å². The summed E-state index contributed by atoms with van der Waals surface area (Å²) in [4.78, 5) is 13.4. The molecule has 0 aliphatic carbocycles. The van der Waals surface area contributed by atoms with Crippen molar-refractivity contribution in [3.8, 4) is 0 Å². The van der Waals surface area contributed by atoms with E-state index in [-0.39, 0.29) is 5.56 Å². The van der Waals surface area contributed by atoms with Crippen molar-refractivity contribution in [1.82, 2.24) is 9.78 Å². The Morgan fingerprint density at radius 1 is 1.24 bits per heavy atom. The van der Waals surface area contributed by atoms with Crippen LogP contribution in [-0.4, -0.2) is 60.4 Å². The lowest BCUT2D eigenvalue weighted by molar-refractivity contribution is 0.0696. The molecule has 0 saturated heterocycles. The molecule has 1 aromatic rings. The third-order valence-corrected chi connectivity index (χ3v) is 3.12. The first-order chi connectivity index (χ1) is 10.0. The maximum atomic E-state index is 11.5. The molecule has 0 bridgehead atoms. The minimum atomic E-state index is -0.964. The van der Waals surface area contributed by atoms with Gasteiger partial charge in [0.05, 0.1) is 18.9 Å². The predicted molar refractivity (Wildman–Crippen MR) is 80.1 cm³/mol. The summed E-state index contributed by atoms with van der Waals surface area (Å²) in [5, 5.41) is 13.6. The summed E-state index contributed by atoms with van der Waals surface area (Å²) in [5.41, 5.74) is 0.753. The molecule has 1 N–H and O–H groups in total. The Morgan fingerprint density at radius 2 is 1.76 bits per heavy atom. The Hall–Kier alpha value is -1.60. The molecular weight excluding hydrogens is 274 g/mol. The van der Waals surface area contributed by atoms with Gasteiger partial charge < -0.3 is 19.5 Å². The van der Waals surface area contributed by atoms with Crippen LogP contribution in [0.4, 0.5) is 5.82 Å². The van der Waals surface area contributed by atoms with Crippen LogP contribution >= 0.6 is 0 Å². The van der Waals surface area contributed by atoms with Gasteiger partial charge in [-0.25, -0.2) is 4.79 Å². The fraction of sp³-hybridized carbons (Fsp3) is 0.714. The third-order valence-electron chi connectivity index (χ3n) is 3.12. The predicted octanol–water partition coefficient (Wildman–Crippen LogP) is 1.31. The minimum Gasteiger partial charge on any atom is -0.477 e. The van der Waals surface area contributed by atoms with Crippen molar-refractivity contribution < 1.29 is 19.4 Å². The lowest BCUT2D eigenvalue weighted by Crippen LogP contribution is -2.33. The molecule has 0 atom stereocenters. The standard InChI is InChI=1S/C14H25N3O4/c1-5-20-9-7-17(8-10-21-6-2)13-12(14(18)19)11(3)15-16(13)4/h5-10H2,1-4H3,(H,18,19). The Labute approximate surface area is 125 Å². The lowest BCUT2D eigenvalue weighted by atomic mass is 10.2. The summed E-state index contributed by atoms with van der Waals surface area (Å²) in [6.07, 6.45) is 0. The van der Waals surface area contributed by atoms with Crippen LogP contribution in [0.2, 0.25) is 0 Å². The normalized spacial score (nSPS) is 10.9. The fourth-order valence-corrected chi connectivity index (χ4v) is 2.22. The largest absolute Gasteiger partial charge is 0.477 e. The van der Waals surface area contributed by atoms with E-state index in [2.05, 4.69) is 5.10 Å². The molecule has 1 heterocycles. The number of hydrogen-bond donors (Lipinski definition) is 1. The smallest absolute Gasteiger partial charge is 0.341 e. The number of nitrogens with zero attached hydrogens (tertiary/aromatic N) is 3. The number of hydrogen-bond acceptors (Lipinski definition) is 5. The first-order valence-electron chi connectivity index (χ1n) is 7.20. The summed E-state index contributed by atoms with van der Waals surface area (Å²) in [6, 6.07) is 0. The molecule has 1 rings (SSSR count). The van der Waals surface area contributed by atoms with E-state index in [1.54, 1.807) is 18.7 Å². The highest BCUT2D eigenvalue weighted by atomic mass is 16.5. The molecule has 0 radical (unpaired) electrons. The second kappa shape index (κ2) is 8.63. The van der Waals surface area contributed by atoms with E-state index in [9.17, 15) is 9.90 Å². The van der Waals surface area contributed by atoms with Gasteiger partial charge in [-0.15, -0.1) is 0 Å². The van der Waals surface area contributed by atoms with Crippen molar-refractivity contribution in [3.63, 3.8) is 0 Å². The van der Waals surface area contributed by atoms with Gasteiger partial charge in [0.15, 0.2) is 0 Å². The molecule has 0 saturated carbocycles. The van der Waals surface area contributed by atoms with Crippen LogP contribution in [-0.2, 0) is 16.5 Å². The van der Waals surface area contributed by atoms with Gasteiger partial charge in [-0.2, -0.15) is 5.10 Å². The van der Waals surface area contributed by atoms with Gasteiger partial charge in [0, 0.05) is 33.4 Å². The number of aromatic carboxylic acids is 1. The average Bonchev–Trinajstić information content (AvgIpc) is 2.72. The van der Waals surface area contributed by atoms with Crippen molar-refractivity contribution >= 4 is 11.8 Å². The molecule has 1 aromatic heterocycles. The number of aryl methyl sites for hydroxylation is 2. The Bertz CT molecular complexity index is 449. The average molecular weight is 299 g/mol. The van der Waals surface area contributed by atoms with E-state index in [1.165, 1.54) is 0 Å². The van der Waals surface area contributed by atoms with E-state index >= 15 is 0 Å². The number of ether oxygens (including phenoxy) is 2. The van der Waals surface area contributed by atoms with Crippen molar-refractivity contribution in [2.24, 2.45) is 7.05 Å². The van der Waals surface area contributed by atoms with Crippen molar-refractivity contribution in [1.29, 1.82) is 0 Å². The molecule has 0 unspecified atom stereocenters. The van der Waals surface area contributed by atoms with Crippen molar-refractivity contribution in [2.75, 3.05) is 44.4 Å². The molecule has 0 spiro atoms. The number of aromatic nitrogens is 2. The first-order valence-corrected chi connectivity index (χ1v) is 7.20. The fourth-order valence-electron chi connectivity index (χ4n) is 2.22. The topological polar surface area (TPSA) is 76.8 Å². The number of carboxylic acid groups (broad SMARTS) is 1. The second-order valence-electron chi connectivity index (χ2n) is 4.59. The zero-order valence-electron chi connectivity index (χ0n) is 13.3. The number of carboxylic acids is 1. The summed E-state index contributed by atoms with van der Waals surface area (Å²) in [6.45, 7) is 9.10. The molecule has 0 aliphatic heterocycles. The van der Waals surface area contributed by atoms with E-state index < -0.39 is 5.97 Å². The highest BCUT2D eigenvalue weighted by Gasteiger charge is 2.24. The lowest BCUT2D eigenvalue weighted by Gasteiger charge is -2.25. The molecule has 120 valence electrons. The van der Waals surface area contributed by atoms with Crippen LogP contribution in [0.3, 0.4) is 0 Å². The van der Waals surface area contributed by atoms with Gasteiger partial charge in [-0.05, 0) is 20.8 Å². The van der Waals surface area contributed by atoms with Gasteiger partial charge in [0.2, 0.25) is 0 Å². The van der Waals surface area contributed by atoms with Crippen LogP contribution in [0.1, 0.15) is 29.9 Å². The van der Waals surface area contributed by atoms with Crippen molar-refractivity contribution in [2.45, 2.75) is 20.8 Å². The maximum Gasteiger partial charge on any atom is 0.341 e. The van der Waals surface area contributed by atoms with E-state index in [0.29, 0.717) is 51.0 Å². The minimum absolute atomic E-state index is 0.241. The molecule has 7 heteroatoms. The molecule has 0 amide bonds. The zero-order valence-corrected chi connectivity index (χ0v) is 13.3. The van der Waals surface area contributed by atoms with Gasteiger partial charge in [-0.1, -0.05) is 0 Å². The highest BCUT2D eigenvalue weighted by molar-refractivity contribution is 5.94. The highest BCUT2D eigenvalue weighted by Crippen LogP contribution is 2.23. The van der Waals surface area contributed by atoms with Crippen LogP contribution < -0.4 is 4.90 Å². The Morgan fingerprint density at radius 3 is 2.19 bits per heavy atom. The summed E-state index contributed by atoms with van der Waals surface area (Å²) < 4.78 is 12.4. The van der Waals surface area contributed by atoms with Crippen LogP contribution in [0.5, 0.6) is 0 Å². The number of rotatable bonds is 10. The number of anilines is 1. The van der Waals surface area contributed by atoms with Gasteiger partial charge >= 0.3 is 5.97 Å². The molecular formula is C14H25N3O4. The first kappa shape index (κ1) is 17.5. The molecule has 21 heavy (non-hydrogen) atoms. The molecule has 0 aliphatic rings. The zero-order chi connectivity index (χ0) is 15.8. The van der Waals surface area contributed by atoms with Crippen LogP contribution in [0.15, 0.2) is 0 Å². The van der Waals surface area contributed by atoms with Gasteiger partial charge in [0.25, 0.3) is 0 Å². The van der Waals surface area contributed by atoms with Crippen LogP contribution in [0.25, 0.3) is 0 Å². The van der Waals surface area contributed by atoms with E-state index in [1.807, 2.05) is 18.7 Å². The Kier molecular flexibility index (Phi) is 7.18. The molecule has 0 fully saturated rings. The number of carbonyl (C=O) groups is 1. The quantitative estimate of drug-likeness (QED) is 0.656. The second-order valence-corrected chi connectivity index (χ2v) is 4.59. The monoisotopic (exact) mass is 299 g/mol. The molecule has 0 aromatic carbocycles. The van der Waals surface area contributed by atoms with E-state index in [4.69, 9.17) is 9.47 Å². The van der Waals surface area contributed by atoms with Crippen LogP contribution in [0, 0.1) is 6.92 Å². The summed E-state index contributed by atoms with van der Waals surface area (Å²) in [5.74, 6) is -0.368. The SMILES string of the molecule is CCOCCN(CCOCC)c1c(C(=O)O)c(C)nn1C.